The molecule has 0 aliphatic heterocycles. The van der Waals surface area contributed by atoms with Gasteiger partial charge in [-0.25, -0.2) is 4.39 Å². The van der Waals surface area contributed by atoms with E-state index >= 15 is 0 Å². The SMILES string of the molecule is CC(C)(C)[C@@H](N)c1ccc(C(F)(F)F)c(F)c1. The summed E-state index contributed by atoms with van der Waals surface area (Å²) in [5.41, 5.74) is 4.61. The molecule has 0 spiro atoms. The summed E-state index contributed by atoms with van der Waals surface area (Å²) in [5, 5.41) is 0. The molecular formula is C12H15F4N. The van der Waals surface area contributed by atoms with Crippen molar-refractivity contribution >= 4 is 0 Å². The minimum Gasteiger partial charge on any atom is -0.324 e. The molecule has 5 heteroatoms. The van der Waals surface area contributed by atoms with Crippen molar-refractivity contribution in [2.45, 2.75) is 33.0 Å². The summed E-state index contributed by atoms with van der Waals surface area (Å²) < 4.78 is 50.4. The Balaban J connectivity index is 3.14. The summed E-state index contributed by atoms with van der Waals surface area (Å²) >= 11 is 0. The van der Waals surface area contributed by atoms with E-state index in [0.29, 0.717) is 5.56 Å². The van der Waals surface area contributed by atoms with E-state index in [1.54, 1.807) is 0 Å². The van der Waals surface area contributed by atoms with Crippen LogP contribution in [-0.2, 0) is 6.18 Å². The molecule has 0 aliphatic carbocycles. The van der Waals surface area contributed by atoms with Crippen LogP contribution in [0, 0.1) is 11.2 Å². The van der Waals surface area contributed by atoms with Crippen molar-refractivity contribution in [1.82, 2.24) is 0 Å². The van der Waals surface area contributed by atoms with Crippen molar-refractivity contribution in [3.05, 3.63) is 35.1 Å². The van der Waals surface area contributed by atoms with Crippen molar-refractivity contribution in [2.75, 3.05) is 0 Å². The molecule has 1 rings (SSSR count). The molecule has 0 radical (unpaired) electrons. The minimum atomic E-state index is -4.67. The highest BCUT2D eigenvalue weighted by Gasteiger charge is 2.34. The van der Waals surface area contributed by atoms with Gasteiger partial charge < -0.3 is 5.73 Å². The topological polar surface area (TPSA) is 26.0 Å². The fourth-order valence-corrected chi connectivity index (χ4v) is 1.45. The molecule has 0 fully saturated rings. The van der Waals surface area contributed by atoms with Crippen LogP contribution >= 0.6 is 0 Å². The van der Waals surface area contributed by atoms with Crippen LogP contribution in [0.4, 0.5) is 17.6 Å². The maximum atomic E-state index is 13.3. The molecule has 0 amide bonds. The van der Waals surface area contributed by atoms with Gasteiger partial charge in [-0.2, -0.15) is 13.2 Å². The molecule has 2 N–H and O–H groups in total. The zero-order chi connectivity index (χ0) is 13.4. The number of hydrogen-bond acceptors (Lipinski definition) is 1. The molecule has 0 heterocycles. The molecule has 0 saturated heterocycles. The Labute approximate surface area is 97.6 Å². The molecular weight excluding hydrogens is 234 g/mol. The second-order valence-electron chi connectivity index (χ2n) is 5.08. The second-order valence-corrected chi connectivity index (χ2v) is 5.08. The van der Waals surface area contributed by atoms with E-state index in [1.165, 1.54) is 6.07 Å². The summed E-state index contributed by atoms with van der Waals surface area (Å²) in [6.07, 6.45) is -4.67. The Bertz CT molecular complexity index is 404. The molecule has 0 saturated carbocycles. The molecule has 1 aromatic carbocycles. The highest BCUT2D eigenvalue weighted by atomic mass is 19.4. The van der Waals surface area contributed by atoms with Gasteiger partial charge in [0.15, 0.2) is 0 Å². The van der Waals surface area contributed by atoms with Crippen molar-refractivity contribution in [2.24, 2.45) is 11.1 Å². The number of nitrogens with two attached hydrogens (primary N) is 1. The molecule has 1 aromatic rings. The van der Waals surface area contributed by atoms with Crippen LogP contribution in [-0.4, -0.2) is 0 Å². The number of rotatable bonds is 1. The first-order valence-corrected chi connectivity index (χ1v) is 5.15. The summed E-state index contributed by atoms with van der Waals surface area (Å²) in [6, 6.07) is 2.30. The predicted octanol–water partition coefficient (Wildman–Crippen LogP) is 3.89. The third-order valence-electron chi connectivity index (χ3n) is 2.59. The quantitative estimate of drug-likeness (QED) is 0.751. The van der Waals surface area contributed by atoms with Crippen molar-refractivity contribution < 1.29 is 17.6 Å². The van der Waals surface area contributed by atoms with Crippen LogP contribution in [0.15, 0.2) is 18.2 Å². The van der Waals surface area contributed by atoms with Gasteiger partial charge in [-0.1, -0.05) is 26.8 Å². The van der Waals surface area contributed by atoms with Gasteiger partial charge in [-0.15, -0.1) is 0 Å². The summed E-state index contributed by atoms with van der Waals surface area (Å²) in [4.78, 5) is 0. The molecule has 0 aliphatic rings. The van der Waals surface area contributed by atoms with Crippen molar-refractivity contribution in [3.63, 3.8) is 0 Å². The largest absolute Gasteiger partial charge is 0.419 e. The molecule has 17 heavy (non-hydrogen) atoms. The van der Waals surface area contributed by atoms with Crippen LogP contribution in [0.25, 0.3) is 0 Å². The minimum absolute atomic E-state index is 0.341. The molecule has 0 aromatic heterocycles. The molecule has 1 nitrogen and oxygen atoms in total. The van der Waals surface area contributed by atoms with Gasteiger partial charge in [0.1, 0.15) is 5.82 Å². The maximum absolute atomic E-state index is 13.3. The lowest BCUT2D eigenvalue weighted by Crippen LogP contribution is -2.26. The monoisotopic (exact) mass is 249 g/mol. The van der Waals surface area contributed by atoms with Crippen LogP contribution in [0.5, 0.6) is 0 Å². The zero-order valence-corrected chi connectivity index (χ0v) is 9.90. The van der Waals surface area contributed by atoms with E-state index in [0.717, 1.165) is 12.1 Å². The molecule has 0 bridgehead atoms. The lowest BCUT2D eigenvalue weighted by Gasteiger charge is -2.27. The first kappa shape index (κ1) is 14.0. The zero-order valence-electron chi connectivity index (χ0n) is 9.90. The third kappa shape index (κ3) is 3.19. The van der Waals surface area contributed by atoms with Crippen LogP contribution in [0.1, 0.15) is 37.9 Å². The van der Waals surface area contributed by atoms with E-state index < -0.39 is 23.6 Å². The fraction of sp³-hybridized carbons (Fsp3) is 0.500. The summed E-state index contributed by atoms with van der Waals surface area (Å²) in [7, 11) is 0. The number of alkyl halides is 3. The standard InChI is InChI=1S/C12H15F4N/c1-11(2,3)10(17)7-4-5-8(9(13)6-7)12(14,15)16/h4-6,10H,17H2,1-3H3/t10-/m0/s1. The lowest BCUT2D eigenvalue weighted by atomic mass is 9.83. The van der Waals surface area contributed by atoms with Crippen molar-refractivity contribution in [3.8, 4) is 0 Å². The first-order valence-electron chi connectivity index (χ1n) is 5.15. The molecule has 0 unspecified atom stereocenters. The average molecular weight is 249 g/mol. The predicted molar refractivity (Wildman–Crippen MR) is 57.8 cm³/mol. The van der Waals surface area contributed by atoms with Crippen molar-refractivity contribution in [1.29, 1.82) is 0 Å². The van der Waals surface area contributed by atoms with Gasteiger partial charge in [0.2, 0.25) is 0 Å². The van der Waals surface area contributed by atoms with Gasteiger partial charge in [-0.3, -0.25) is 0 Å². The van der Waals surface area contributed by atoms with E-state index in [4.69, 9.17) is 5.73 Å². The maximum Gasteiger partial charge on any atom is 0.419 e. The van der Waals surface area contributed by atoms with Gasteiger partial charge in [-0.05, 0) is 23.1 Å². The van der Waals surface area contributed by atoms with Crippen LogP contribution in [0.2, 0.25) is 0 Å². The Kier molecular flexibility index (Phi) is 3.52. The Morgan fingerprint density at radius 2 is 1.65 bits per heavy atom. The molecule has 96 valence electrons. The number of halogens is 4. The highest BCUT2D eigenvalue weighted by molar-refractivity contribution is 5.29. The number of benzene rings is 1. The Hall–Kier alpha value is -1.10. The second kappa shape index (κ2) is 4.29. The van der Waals surface area contributed by atoms with Crippen LogP contribution in [0.3, 0.4) is 0 Å². The smallest absolute Gasteiger partial charge is 0.324 e. The van der Waals surface area contributed by atoms with E-state index in [2.05, 4.69) is 0 Å². The van der Waals surface area contributed by atoms with Gasteiger partial charge in [0.05, 0.1) is 5.56 Å². The first-order chi connectivity index (χ1) is 7.53. The van der Waals surface area contributed by atoms with E-state index in [1.807, 2.05) is 20.8 Å². The Morgan fingerprint density at radius 3 is 2.00 bits per heavy atom. The Morgan fingerprint density at radius 1 is 1.12 bits per heavy atom. The summed E-state index contributed by atoms with van der Waals surface area (Å²) in [5.74, 6) is -1.28. The third-order valence-corrected chi connectivity index (χ3v) is 2.59. The fourth-order valence-electron chi connectivity index (χ4n) is 1.45. The summed E-state index contributed by atoms with van der Waals surface area (Å²) in [6.45, 7) is 5.52. The van der Waals surface area contributed by atoms with Gasteiger partial charge in [0, 0.05) is 6.04 Å². The highest BCUT2D eigenvalue weighted by Crippen LogP contribution is 2.35. The lowest BCUT2D eigenvalue weighted by molar-refractivity contribution is -0.140. The van der Waals surface area contributed by atoms with Gasteiger partial charge in [0.25, 0.3) is 0 Å². The average Bonchev–Trinajstić information content (AvgIpc) is 2.12. The normalized spacial score (nSPS) is 14.8. The van der Waals surface area contributed by atoms with Gasteiger partial charge >= 0.3 is 6.18 Å². The number of hydrogen-bond donors (Lipinski definition) is 1. The van der Waals surface area contributed by atoms with E-state index in [9.17, 15) is 17.6 Å². The van der Waals surface area contributed by atoms with E-state index in [-0.39, 0.29) is 5.41 Å². The van der Waals surface area contributed by atoms with Crippen LogP contribution < -0.4 is 5.73 Å². The molecule has 1 atom stereocenters.